The van der Waals surface area contributed by atoms with Gasteiger partial charge in [0.25, 0.3) is 5.91 Å². The number of carbonyl (C=O) groups excluding carboxylic acids is 2. The molecule has 0 atom stereocenters. The zero-order valence-corrected chi connectivity index (χ0v) is 16.4. The number of pyridine rings is 1. The van der Waals surface area contributed by atoms with Gasteiger partial charge in [-0.25, -0.2) is 4.98 Å². The van der Waals surface area contributed by atoms with E-state index in [9.17, 15) is 9.59 Å². The van der Waals surface area contributed by atoms with Crippen molar-refractivity contribution in [3.63, 3.8) is 0 Å². The van der Waals surface area contributed by atoms with Crippen molar-refractivity contribution in [1.82, 2.24) is 9.88 Å². The highest BCUT2D eigenvalue weighted by Crippen LogP contribution is 2.39. The molecule has 150 valence electrons. The number of aromatic nitrogens is 1. The van der Waals surface area contributed by atoms with E-state index in [4.69, 9.17) is 15.5 Å². The lowest BCUT2D eigenvalue weighted by atomic mass is 10.0. The summed E-state index contributed by atoms with van der Waals surface area (Å²) in [6.45, 7) is 2.33. The molecule has 2 amide bonds. The molecule has 2 aromatic carbocycles. The van der Waals surface area contributed by atoms with Gasteiger partial charge in [0.05, 0.1) is 24.6 Å². The van der Waals surface area contributed by atoms with Crippen LogP contribution in [0, 0.1) is 0 Å². The first kappa shape index (κ1) is 18.5. The highest BCUT2D eigenvalue weighted by molar-refractivity contribution is 6.00. The standard InChI is InChI=1S/C24H21N3O3/c25-23(28)20-14-21(15-4-2-1-3-5-15)26-22-18-7-6-16(12-17(18)13-19(20)22)24(29)27-8-10-30-11-9-27/h1-7,12,14H,8-11,13H2,(H2,25,28). The molecule has 0 saturated carbocycles. The molecule has 2 aliphatic rings. The largest absolute Gasteiger partial charge is 0.378 e. The third-order valence-corrected chi connectivity index (χ3v) is 5.73. The number of benzene rings is 2. The summed E-state index contributed by atoms with van der Waals surface area (Å²) < 4.78 is 5.34. The Morgan fingerprint density at radius 2 is 1.77 bits per heavy atom. The Morgan fingerprint density at radius 1 is 1.00 bits per heavy atom. The zero-order chi connectivity index (χ0) is 20.7. The van der Waals surface area contributed by atoms with Crippen LogP contribution in [0.15, 0.2) is 54.6 Å². The summed E-state index contributed by atoms with van der Waals surface area (Å²) in [5.74, 6) is -0.464. The van der Waals surface area contributed by atoms with E-state index in [0.717, 1.165) is 27.9 Å². The number of rotatable bonds is 3. The van der Waals surface area contributed by atoms with E-state index in [-0.39, 0.29) is 5.91 Å². The summed E-state index contributed by atoms with van der Waals surface area (Å²) in [6.07, 6.45) is 0.537. The predicted octanol–water partition coefficient (Wildman–Crippen LogP) is 2.89. The van der Waals surface area contributed by atoms with Crippen molar-refractivity contribution in [2.45, 2.75) is 6.42 Å². The molecule has 6 nitrogen and oxygen atoms in total. The fourth-order valence-electron chi connectivity index (χ4n) is 4.19. The number of hydrogen-bond donors (Lipinski definition) is 1. The lowest BCUT2D eigenvalue weighted by Gasteiger charge is -2.27. The van der Waals surface area contributed by atoms with Gasteiger partial charge < -0.3 is 15.4 Å². The van der Waals surface area contributed by atoms with E-state index in [2.05, 4.69) is 0 Å². The van der Waals surface area contributed by atoms with Gasteiger partial charge >= 0.3 is 0 Å². The second-order valence-corrected chi connectivity index (χ2v) is 7.57. The topological polar surface area (TPSA) is 85.5 Å². The molecule has 1 aliphatic heterocycles. The van der Waals surface area contributed by atoms with Crippen LogP contribution in [-0.2, 0) is 11.2 Å². The summed E-state index contributed by atoms with van der Waals surface area (Å²) in [5.41, 5.74) is 12.0. The van der Waals surface area contributed by atoms with Crippen LogP contribution < -0.4 is 5.73 Å². The normalized spacial score (nSPS) is 14.9. The van der Waals surface area contributed by atoms with Crippen molar-refractivity contribution in [3.05, 3.63) is 76.9 Å². The number of hydrogen-bond acceptors (Lipinski definition) is 4. The molecule has 5 rings (SSSR count). The first-order valence-corrected chi connectivity index (χ1v) is 10.0. The van der Waals surface area contributed by atoms with Crippen LogP contribution in [0.1, 0.15) is 31.8 Å². The number of carbonyl (C=O) groups is 2. The lowest BCUT2D eigenvalue weighted by Crippen LogP contribution is -2.40. The van der Waals surface area contributed by atoms with Gasteiger partial charge in [-0.3, -0.25) is 9.59 Å². The Labute approximate surface area is 174 Å². The Kier molecular flexibility index (Phi) is 4.56. The molecular formula is C24H21N3O3. The summed E-state index contributed by atoms with van der Waals surface area (Å²) in [4.78, 5) is 31.7. The molecule has 30 heavy (non-hydrogen) atoms. The fraction of sp³-hybridized carbons (Fsp3) is 0.208. The van der Waals surface area contributed by atoms with Gasteiger partial charge in [-0.15, -0.1) is 0 Å². The van der Waals surface area contributed by atoms with Crippen molar-refractivity contribution in [1.29, 1.82) is 0 Å². The second kappa shape index (κ2) is 7.39. The minimum Gasteiger partial charge on any atom is -0.378 e. The van der Waals surface area contributed by atoms with Gasteiger partial charge in [0.2, 0.25) is 5.91 Å². The first-order chi connectivity index (χ1) is 14.6. The van der Waals surface area contributed by atoms with E-state index in [1.165, 1.54) is 0 Å². The highest BCUT2D eigenvalue weighted by atomic mass is 16.5. The van der Waals surface area contributed by atoms with Crippen molar-refractivity contribution in [3.8, 4) is 22.5 Å². The van der Waals surface area contributed by atoms with Crippen LogP contribution in [0.2, 0.25) is 0 Å². The summed E-state index contributed by atoms with van der Waals surface area (Å²) >= 11 is 0. The molecule has 1 aliphatic carbocycles. The van der Waals surface area contributed by atoms with Crippen LogP contribution in [-0.4, -0.2) is 48.0 Å². The molecule has 1 saturated heterocycles. The first-order valence-electron chi connectivity index (χ1n) is 10.0. The van der Waals surface area contributed by atoms with Crippen LogP contribution >= 0.6 is 0 Å². The van der Waals surface area contributed by atoms with Crippen molar-refractivity contribution in [2.75, 3.05) is 26.3 Å². The maximum Gasteiger partial charge on any atom is 0.254 e. The molecule has 1 fully saturated rings. The molecule has 3 aromatic rings. The van der Waals surface area contributed by atoms with Crippen LogP contribution in [0.4, 0.5) is 0 Å². The number of ether oxygens (including phenoxy) is 1. The summed E-state index contributed by atoms with van der Waals surface area (Å²) in [5, 5.41) is 0. The molecule has 0 unspecified atom stereocenters. The summed E-state index contributed by atoms with van der Waals surface area (Å²) in [7, 11) is 0. The lowest BCUT2D eigenvalue weighted by molar-refractivity contribution is 0.0303. The van der Waals surface area contributed by atoms with E-state index in [0.29, 0.717) is 49.5 Å². The minimum atomic E-state index is -0.469. The minimum absolute atomic E-state index is 0.00474. The van der Waals surface area contributed by atoms with Crippen LogP contribution in [0.5, 0.6) is 0 Å². The number of morpholine rings is 1. The van der Waals surface area contributed by atoms with Crippen molar-refractivity contribution >= 4 is 11.8 Å². The molecule has 2 heterocycles. The zero-order valence-electron chi connectivity index (χ0n) is 16.4. The van der Waals surface area contributed by atoms with Gasteiger partial charge in [-0.05, 0) is 29.3 Å². The Bertz CT molecular complexity index is 1150. The molecule has 2 N–H and O–H groups in total. The molecular weight excluding hydrogens is 378 g/mol. The van der Waals surface area contributed by atoms with Gasteiger partial charge in [0.1, 0.15) is 0 Å². The fourth-order valence-corrected chi connectivity index (χ4v) is 4.19. The number of fused-ring (bicyclic) bond motifs is 3. The maximum atomic E-state index is 12.9. The van der Waals surface area contributed by atoms with Gasteiger partial charge in [0, 0.05) is 41.8 Å². The third-order valence-electron chi connectivity index (χ3n) is 5.73. The maximum absolute atomic E-state index is 12.9. The SMILES string of the molecule is NC(=O)c1cc(-c2ccccc2)nc2c1Cc1cc(C(=O)N3CCOCC3)ccc1-2. The Balaban J connectivity index is 1.56. The van der Waals surface area contributed by atoms with E-state index in [1.54, 1.807) is 6.07 Å². The third kappa shape index (κ3) is 3.15. The highest BCUT2D eigenvalue weighted by Gasteiger charge is 2.28. The van der Waals surface area contributed by atoms with E-state index < -0.39 is 5.91 Å². The average Bonchev–Trinajstić information content (AvgIpc) is 3.16. The number of amides is 2. The number of nitrogens with zero attached hydrogens (tertiary/aromatic N) is 2. The van der Waals surface area contributed by atoms with Crippen LogP contribution in [0.25, 0.3) is 22.5 Å². The monoisotopic (exact) mass is 399 g/mol. The van der Waals surface area contributed by atoms with Crippen LogP contribution in [0.3, 0.4) is 0 Å². The Hall–Kier alpha value is -3.51. The molecule has 6 heteroatoms. The molecule has 0 bridgehead atoms. The van der Waals surface area contributed by atoms with E-state index >= 15 is 0 Å². The van der Waals surface area contributed by atoms with Crippen molar-refractivity contribution < 1.29 is 14.3 Å². The van der Waals surface area contributed by atoms with Gasteiger partial charge in [0.15, 0.2) is 0 Å². The predicted molar refractivity (Wildman–Crippen MR) is 113 cm³/mol. The molecule has 1 aromatic heterocycles. The van der Waals surface area contributed by atoms with Crippen molar-refractivity contribution in [2.24, 2.45) is 5.73 Å². The van der Waals surface area contributed by atoms with Gasteiger partial charge in [-0.1, -0.05) is 36.4 Å². The molecule has 0 spiro atoms. The smallest absolute Gasteiger partial charge is 0.254 e. The quantitative estimate of drug-likeness (QED) is 0.574. The average molecular weight is 399 g/mol. The second-order valence-electron chi connectivity index (χ2n) is 7.57. The summed E-state index contributed by atoms with van der Waals surface area (Å²) in [6, 6.07) is 17.2. The van der Waals surface area contributed by atoms with Gasteiger partial charge in [-0.2, -0.15) is 0 Å². The molecule has 0 radical (unpaired) electrons. The number of nitrogens with two attached hydrogens (primary N) is 1. The Morgan fingerprint density at radius 3 is 2.50 bits per heavy atom. The number of primary amides is 1. The van der Waals surface area contributed by atoms with E-state index in [1.807, 2.05) is 53.4 Å².